The third kappa shape index (κ3) is 2.71. The van der Waals surface area contributed by atoms with E-state index in [-0.39, 0.29) is 11.9 Å². The number of hydrogen-bond donors (Lipinski definition) is 0. The number of benzene rings is 4. The van der Waals surface area contributed by atoms with Crippen LogP contribution in [0.2, 0.25) is 0 Å². The van der Waals surface area contributed by atoms with E-state index < -0.39 is 0 Å². The maximum absolute atomic E-state index is 13.2. The molecular formula is C26H19NO. The molecule has 2 nitrogen and oxygen atoms in total. The first kappa shape index (κ1) is 16.5. The van der Waals surface area contributed by atoms with Crippen molar-refractivity contribution in [2.24, 2.45) is 0 Å². The number of hydrogen-bond acceptors (Lipinski definition) is 1. The smallest absolute Gasteiger partial charge is 0.259 e. The first-order valence-corrected chi connectivity index (χ1v) is 9.46. The second-order valence-electron chi connectivity index (χ2n) is 6.99. The first-order chi connectivity index (χ1) is 13.8. The molecule has 0 saturated heterocycles. The molecule has 0 radical (unpaired) electrons. The van der Waals surface area contributed by atoms with Crippen molar-refractivity contribution in [2.45, 2.75) is 6.04 Å². The average Bonchev–Trinajstić information content (AvgIpc) is 3.08. The molecule has 5 rings (SSSR count). The molecule has 0 spiro atoms. The molecule has 2 heteroatoms. The van der Waals surface area contributed by atoms with Crippen LogP contribution in [0.15, 0.2) is 109 Å². The second-order valence-corrected chi connectivity index (χ2v) is 6.99. The van der Waals surface area contributed by atoms with Gasteiger partial charge in [-0.15, -0.1) is 0 Å². The van der Waals surface area contributed by atoms with Gasteiger partial charge in [0, 0.05) is 11.3 Å². The Morgan fingerprint density at radius 1 is 0.571 bits per heavy atom. The summed E-state index contributed by atoms with van der Waals surface area (Å²) in [6.45, 7) is 0. The van der Waals surface area contributed by atoms with Gasteiger partial charge in [-0.05, 0) is 40.5 Å². The number of rotatable bonds is 3. The molecule has 1 atom stereocenters. The van der Waals surface area contributed by atoms with Crippen LogP contribution in [-0.2, 0) is 0 Å². The Labute approximate surface area is 164 Å². The minimum Gasteiger partial charge on any atom is -0.297 e. The summed E-state index contributed by atoms with van der Waals surface area (Å²) in [6, 6.07) is 36.6. The van der Waals surface area contributed by atoms with Gasteiger partial charge in [0.15, 0.2) is 0 Å². The molecule has 28 heavy (non-hydrogen) atoms. The van der Waals surface area contributed by atoms with E-state index in [9.17, 15) is 4.79 Å². The maximum Gasteiger partial charge on any atom is 0.259 e. The Hall–Kier alpha value is -3.65. The summed E-state index contributed by atoms with van der Waals surface area (Å²) in [5.74, 6) is 0.0546. The Morgan fingerprint density at radius 3 is 1.86 bits per heavy atom. The highest BCUT2D eigenvalue weighted by atomic mass is 16.2. The summed E-state index contributed by atoms with van der Waals surface area (Å²) in [5.41, 5.74) is 6.24. The summed E-state index contributed by atoms with van der Waals surface area (Å²) in [7, 11) is 0. The van der Waals surface area contributed by atoms with Crippen LogP contribution in [0.25, 0.3) is 11.1 Å². The van der Waals surface area contributed by atoms with E-state index in [4.69, 9.17) is 0 Å². The van der Waals surface area contributed by atoms with E-state index in [0.29, 0.717) is 0 Å². The molecule has 0 aliphatic carbocycles. The summed E-state index contributed by atoms with van der Waals surface area (Å²) in [5, 5.41) is 0. The zero-order valence-corrected chi connectivity index (χ0v) is 15.3. The minimum absolute atomic E-state index is 0.0546. The highest BCUT2D eigenvalue weighted by Crippen LogP contribution is 2.41. The minimum atomic E-state index is -0.115. The molecule has 0 fully saturated rings. The van der Waals surface area contributed by atoms with Gasteiger partial charge in [0.1, 0.15) is 0 Å². The first-order valence-electron chi connectivity index (χ1n) is 9.46. The molecule has 4 aromatic rings. The fourth-order valence-electron chi connectivity index (χ4n) is 3.99. The molecule has 0 N–H and O–H groups in total. The van der Waals surface area contributed by atoms with E-state index in [2.05, 4.69) is 42.5 Å². The number of carbonyl (C=O) groups excluding carboxylic acids is 1. The lowest BCUT2D eigenvalue weighted by atomic mass is 9.95. The standard InChI is InChI=1S/C26H19NO/c28-26-24-14-8-7-13-23(24)25(27(26)22-11-5-2-6-12-22)21-17-15-20(16-18-21)19-9-3-1-4-10-19/h1-18,25H. The largest absolute Gasteiger partial charge is 0.297 e. The van der Waals surface area contributed by atoms with Gasteiger partial charge in [0.2, 0.25) is 0 Å². The topological polar surface area (TPSA) is 20.3 Å². The Balaban J connectivity index is 1.61. The monoisotopic (exact) mass is 361 g/mol. The number of fused-ring (bicyclic) bond motifs is 1. The van der Waals surface area contributed by atoms with E-state index in [1.165, 1.54) is 11.1 Å². The number of para-hydroxylation sites is 1. The van der Waals surface area contributed by atoms with Crippen molar-refractivity contribution >= 4 is 11.6 Å². The van der Waals surface area contributed by atoms with Crippen LogP contribution < -0.4 is 4.90 Å². The molecule has 0 saturated carbocycles. The normalized spacial score (nSPS) is 15.5. The summed E-state index contributed by atoms with van der Waals surface area (Å²) in [6.07, 6.45) is 0. The SMILES string of the molecule is O=C1c2ccccc2C(c2ccc(-c3ccccc3)cc2)N1c1ccccc1. The van der Waals surface area contributed by atoms with Gasteiger partial charge in [-0.3, -0.25) is 9.69 Å². The van der Waals surface area contributed by atoms with E-state index in [1.807, 2.05) is 71.6 Å². The van der Waals surface area contributed by atoms with Crippen molar-refractivity contribution in [3.05, 3.63) is 126 Å². The lowest BCUT2D eigenvalue weighted by Crippen LogP contribution is -2.28. The zero-order chi connectivity index (χ0) is 18.9. The Bertz CT molecular complexity index is 1120. The van der Waals surface area contributed by atoms with Crippen LogP contribution in [0.1, 0.15) is 27.5 Å². The second kappa shape index (κ2) is 6.82. The van der Waals surface area contributed by atoms with Crippen LogP contribution in [0.5, 0.6) is 0 Å². The third-order valence-electron chi connectivity index (χ3n) is 5.33. The number of carbonyl (C=O) groups is 1. The van der Waals surface area contributed by atoms with Gasteiger partial charge in [-0.2, -0.15) is 0 Å². The van der Waals surface area contributed by atoms with Crippen LogP contribution in [-0.4, -0.2) is 5.91 Å². The number of nitrogens with zero attached hydrogens (tertiary/aromatic N) is 1. The summed E-state index contributed by atoms with van der Waals surface area (Å²) < 4.78 is 0. The number of amides is 1. The van der Waals surface area contributed by atoms with Gasteiger partial charge in [0.25, 0.3) is 5.91 Å². The van der Waals surface area contributed by atoms with E-state index >= 15 is 0 Å². The van der Waals surface area contributed by atoms with Crippen molar-refractivity contribution in [1.82, 2.24) is 0 Å². The Kier molecular flexibility index (Phi) is 4.02. The lowest BCUT2D eigenvalue weighted by Gasteiger charge is -2.26. The van der Waals surface area contributed by atoms with E-state index in [0.717, 1.165) is 22.4 Å². The molecule has 4 aromatic carbocycles. The van der Waals surface area contributed by atoms with Crippen LogP contribution in [0.4, 0.5) is 5.69 Å². The molecule has 1 aliphatic rings. The lowest BCUT2D eigenvalue weighted by molar-refractivity contribution is 0.0993. The van der Waals surface area contributed by atoms with Crippen molar-refractivity contribution in [3.63, 3.8) is 0 Å². The molecular weight excluding hydrogens is 342 g/mol. The predicted octanol–water partition coefficient (Wildman–Crippen LogP) is 6.10. The molecule has 1 amide bonds. The van der Waals surface area contributed by atoms with Gasteiger partial charge < -0.3 is 0 Å². The highest BCUT2D eigenvalue weighted by Gasteiger charge is 2.38. The fraction of sp³-hybridized carbons (Fsp3) is 0.0385. The fourth-order valence-corrected chi connectivity index (χ4v) is 3.99. The molecule has 1 unspecified atom stereocenters. The van der Waals surface area contributed by atoms with Gasteiger partial charge in [-0.1, -0.05) is 91.0 Å². The van der Waals surface area contributed by atoms with Crippen LogP contribution in [0.3, 0.4) is 0 Å². The predicted molar refractivity (Wildman–Crippen MR) is 113 cm³/mol. The molecule has 0 bridgehead atoms. The quantitative estimate of drug-likeness (QED) is 0.431. The van der Waals surface area contributed by atoms with E-state index in [1.54, 1.807) is 0 Å². The molecule has 0 aromatic heterocycles. The van der Waals surface area contributed by atoms with Crippen molar-refractivity contribution < 1.29 is 4.79 Å². The summed E-state index contributed by atoms with van der Waals surface area (Å²) in [4.78, 5) is 15.1. The maximum atomic E-state index is 13.2. The van der Waals surface area contributed by atoms with Gasteiger partial charge in [0.05, 0.1) is 6.04 Å². The van der Waals surface area contributed by atoms with Crippen molar-refractivity contribution in [1.29, 1.82) is 0 Å². The Morgan fingerprint density at radius 2 is 1.14 bits per heavy atom. The van der Waals surface area contributed by atoms with Crippen molar-refractivity contribution in [2.75, 3.05) is 4.90 Å². The van der Waals surface area contributed by atoms with Crippen LogP contribution in [0, 0.1) is 0 Å². The number of anilines is 1. The summed E-state index contributed by atoms with van der Waals surface area (Å²) >= 11 is 0. The average molecular weight is 361 g/mol. The van der Waals surface area contributed by atoms with Gasteiger partial charge in [-0.25, -0.2) is 0 Å². The third-order valence-corrected chi connectivity index (χ3v) is 5.33. The zero-order valence-electron chi connectivity index (χ0n) is 15.3. The van der Waals surface area contributed by atoms with Crippen LogP contribution >= 0.6 is 0 Å². The highest BCUT2D eigenvalue weighted by molar-refractivity contribution is 6.11. The molecule has 1 aliphatic heterocycles. The molecule has 1 heterocycles. The van der Waals surface area contributed by atoms with Crippen molar-refractivity contribution in [3.8, 4) is 11.1 Å². The van der Waals surface area contributed by atoms with Gasteiger partial charge >= 0.3 is 0 Å². The molecule has 134 valence electrons.